The van der Waals surface area contributed by atoms with E-state index in [0.29, 0.717) is 6.54 Å². The third-order valence-corrected chi connectivity index (χ3v) is 6.10. The zero-order valence-corrected chi connectivity index (χ0v) is 16.3. The van der Waals surface area contributed by atoms with Gasteiger partial charge in [-0.05, 0) is 30.7 Å². The van der Waals surface area contributed by atoms with Crippen molar-refractivity contribution in [1.29, 1.82) is 0 Å². The molecule has 0 aliphatic heterocycles. The molecule has 3 amide bonds. The zero-order valence-electron chi connectivity index (χ0n) is 16.3. The van der Waals surface area contributed by atoms with Crippen LogP contribution in [0.2, 0.25) is 0 Å². The van der Waals surface area contributed by atoms with Crippen molar-refractivity contribution in [2.75, 3.05) is 6.54 Å². The summed E-state index contributed by atoms with van der Waals surface area (Å²) in [5.41, 5.74) is 0.304. The number of hydrogen-bond donors (Lipinski definition) is 3. The van der Waals surface area contributed by atoms with E-state index in [-0.39, 0.29) is 11.9 Å². The van der Waals surface area contributed by atoms with Crippen LogP contribution < -0.4 is 16.0 Å². The predicted molar refractivity (Wildman–Crippen MR) is 107 cm³/mol. The van der Waals surface area contributed by atoms with Crippen LogP contribution in [0, 0.1) is 5.92 Å². The molecule has 0 heterocycles. The standard InChI is InChI=1S/C22H33N3O2/c26-20(23-16-13-18-9-3-1-4-10-18)22(14-7-8-15-22)25-21(27)24-17-19-11-5-2-6-12-19/h2,5-6,11-12,18H,1,3-4,7-10,13-17H2,(H,23,26)(H2,24,25,27). The smallest absolute Gasteiger partial charge is 0.315 e. The first-order valence-corrected chi connectivity index (χ1v) is 10.6. The molecule has 5 nitrogen and oxygen atoms in total. The molecule has 0 bridgehead atoms. The highest BCUT2D eigenvalue weighted by molar-refractivity contribution is 5.91. The minimum atomic E-state index is -0.743. The Morgan fingerprint density at radius 2 is 1.63 bits per heavy atom. The highest BCUT2D eigenvalue weighted by Gasteiger charge is 2.42. The summed E-state index contributed by atoms with van der Waals surface area (Å²) in [6.07, 6.45) is 11.1. The van der Waals surface area contributed by atoms with Crippen LogP contribution in [0.5, 0.6) is 0 Å². The van der Waals surface area contributed by atoms with Gasteiger partial charge in [-0.2, -0.15) is 0 Å². The molecule has 0 aromatic heterocycles. The van der Waals surface area contributed by atoms with E-state index in [1.165, 1.54) is 32.1 Å². The summed E-state index contributed by atoms with van der Waals surface area (Å²) in [5.74, 6) is 0.742. The minimum Gasteiger partial charge on any atom is -0.354 e. The number of carbonyl (C=O) groups is 2. The van der Waals surface area contributed by atoms with Gasteiger partial charge < -0.3 is 16.0 Å². The molecule has 2 saturated carbocycles. The van der Waals surface area contributed by atoms with Gasteiger partial charge in [0.2, 0.25) is 5.91 Å². The van der Waals surface area contributed by atoms with Crippen LogP contribution in [0.1, 0.15) is 69.8 Å². The van der Waals surface area contributed by atoms with E-state index in [4.69, 9.17) is 0 Å². The van der Waals surface area contributed by atoms with Crippen LogP contribution in [0.4, 0.5) is 4.79 Å². The third kappa shape index (κ3) is 5.72. The summed E-state index contributed by atoms with van der Waals surface area (Å²) >= 11 is 0. The molecule has 0 atom stereocenters. The van der Waals surface area contributed by atoms with E-state index < -0.39 is 5.54 Å². The Balaban J connectivity index is 1.46. The molecule has 0 spiro atoms. The molecule has 0 unspecified atom stereocenters. The van der Waals surface area contributed by atoms with Crippen molar-refractivity contribution in [3.05, 3.63) is 35.9 Å². The minimum absolute atomic E-state index is 0.00864. The van der Waals surface area contributed by atoms with Crippen LogP contribution in [0.25, 0.3) is 0 Å². The van der Waals surface area contributed by atoms with Gasteiger partial charge in [0.05, 0.1) is 0 Å². The second-order valence-corrected chi connectivity index (χ2v) is 8.13. The summed E-state index contributed by atoms with van der Waals surface area (Å²) in [7, 11) is 0. The van der Waals surface area contributed by atoms with Crippen molar-refractivity contribution in [3.8, 4) is 0 Å². The van der Waals surface area contributed by atoms with Crippen LogP contribution in [-0.2, 0) is 11.3 Å². The van der Waals surface area contributed by atoms with E-state index in [0.717, 1.165) is 50.1 Å². The van der Waals surface area contributed by atoms with Gasteiger partial charge in [0.1, 0.15) is 5.54 Å². The van der Waals surface area contributed by atoms with Gasteiger partial charge in [-0.15, -0.1) is 0 Å². The maximum Gasteiger partial charge on any atom is 0.315 e. The van der Waals surface area contributed by atoms with Crippen molar-refractivity contribution in [2.45, 2.75) is 76.3 Å². The van der Waals surface area contributed by atoms with Gasteiger partial charge >= 0.3 is 6.03 Å². The number of rotatable bonds is 7. The van der Waals surface area contributed by atoms with Gasteiger partial charge in [-0.1, -0.05) is 75.3 Å². The second kappa shape index (κ2) is 9.77. The number of benzene rings is 1. The molecule has 27 heavy (non-hydrogen) atoms. The lowest BCUT2D eigenvalue weighted by Gasteiger charge is -2.29. The van der Waals surface area contributed by atoms with Crippen molar-refractivity contribution < 1.29 is 9.59 Å². The number of carbonyl (C=O) groups excluding carboxylic acids is 2. The second-order valence-electron chi connectivity index (χ2n) is 8.13. The summed E-state index contributed by atoms with van der Waals surface area (Å²) in [6, 6.07) is 9.55. The zero-order chi connectivity index (χ0) is 19.0. The molecule has 2 aliphatic rings. The Hall–Kier alpha value is -2.04. The molecule has 0 saturated heterocycles. The Bertz CT molecular complexity index is 605. The quantitative estimate of drug-likeness (QED) is 0.681. The lowest BCUT2D eigenvalue weighted by atomic mass is 9.87. The number of nitrogens with one attached hydrogen (secondary N) is 3. The summed E-state index contributed by atoms with van der Waals surface area (Å²) in [6.45, 7) is 1.19. The average molecular weight is 372 g/mol. The maximum absolute atomic E-state index is 12.9. The summed E-state index contributed by atoms with van der Waals surface area (Å²) in [5, 5.41) is 8.98. The Labute approximate surface area is 162 Å². The van der Waals surface area contributed by atoms with Crippen LogP contribution in [-0.4, -0.2) is 24.0 Å². The Morgan fingerprint density at radius 1 is 0.926 bits per heavy atom. The molecule has 5 heteroatoms. The fourth-order valence-electron chi connectivity index (χ4n) is 4.46. The van der Waals surface area contributed by atoms with E-state index in [1.807, 2.05) is 30.3 Å². The molecule has 2 aliphatic carbocycles. The topological polar surface area (TPSA) is 70.2 Å². The maximum atomic E-state index is 12.9. The normalized spacial score (nSPS) is 19.4. The highest BCUT2D eigenvalue weighted by atomic mass is 16.2. The van der Waals surface area contributed by atoms with Gasteiger partial charge in [0.25, 0.3) is 0 Å². The van der Waals surface area contributed by atoms with E-state index in [1.54, 1.807) is 0 Å². The number of amides is 3. The highest BCUT2D eigenvalue weighted by Crippen LogP contribution is 2.30. The van der Waals surface area contributed by atoms with Crippen LogP contribution >= 0.6 is 0 Å². The monoisotopic (exact) mass is 371 g/mol. The van der Waals surface area contributed by atoms with E-state index in [9.17, 15) is 9.59 Å². The van der Waals surface area contributed by atoms with Crippen LogP contribution in [0.15, 0.2) is 30.3 Å². The van der Waals surface area contributed by atoms with Gasteiger partial charge in [0, 0.05) is 13.1 Å². The average Bonchev–Trinajstić information content (AvgIpc) is 3.18. The molecule has 0 radical (unpaired) electrons. The molecule has 3 rings (SSSR count). The first-order chi connectivity index (χ1) is 13.2. The largest absolute Gasteiger partial charge is 0.354 e. The lowest BCUT2D eigenvalue weighted by molar-refractivity contribution is -0.127. The molecule has 1 aromatic rings. The SMILES string of the molecule is O=C(NCc1ccccc1)NC1(C(=O)NCCC2CCCCC2)CCCC1. The first kappa shape index (κ1) is 19.7. The van der Waals surface area contributed by atoms with Crippen molar-refractivity contribution in [3.63, 3.8) is 0 Å². The van der Waals surface area contributed by atoms with Crippen molar-refractivity contribution in [1.82, 2.24) is 16.0 Å². The van der Waals surface area contributed by atoms with Gasteiger partial charge in [0.15, 0.2) is 0 Å². The fourth-order valence-corrected chi connectivity index (χ4v) is 4.46. The Kier molecular flexibility index (Phi) is 7.13. The van der Waals surface area contributed by atoms with Crippen molar-refractivity contribution >= 4 is 11.9 Å². The number of hydrogen-bond acceptors (Lipinski definition) is 2. The van der Waals surface area contributed by atoms with E-state index in [2.05, 4.69) is 16.0 Å². The Morgan fingerprint density at radius 3 is 2.33 bits per heavy atom. The molecular weight excluding hydrogens is 338 g/mol. The predicted octanol–water partition coefficient (Wildman–Crippen LogP) is 3.89. The van der Waals surface area contributed by atoms with Crippen molar-refractivity contribution in [2.24, 2.45) is 5.92 Å². The summed E-state index contributed by atoms with van der Waals surface area (Å²) < 4.78 is 0. The third-order valence-electron chi connectivity index (χ3n) is 6.10. The van der Waals surface area contributed by atoms with E-state index >= 15 is 0 Å². The first-order valence-electron chi connectivity index (χ1n) is 10.6. The lowest BCUT2D eigenvalue weighted by Crippen LogP contribution is -2.59. The number of urea groups is 1. The molecular formula is C22H33N3O2. The van der Waals surface area contributed by atoms with Gasteiger partial charge in [-0.3, -0.25) is 4.79 Å². The van der Waals surface area contributed by atoms with Crippen LogP contribution in [0.3, 0.4) is 0 Å². The van der Waals surface area contributed by atoms with Gasteiger partial charge in [-0.25, -0.2) is 4.79 Å². The summed E-state index contributed by atoms with van der Waals surface area (Å²) in [4.78, 5) is 25.3. The molecule has 148 valence electrons. The molecule has 3 N–H and O–H groups in total. The fraction of sp³-hybridized carbons (Fsp3) is 0.636. The molecule has 2 fully saturated rings. The molecule has 1 aromatic carbocycles.